The summed E-state index contributed by atoms with van der Waals surface area (Å²) in [6.45, 7) is -0.211. The van der Waals surface area contributed by atoms with Gasteiger partial charge in [0.2, 0.25) is 0 Å². The van der Waals surface area contributed by atoms with E-state index in [1.54, 1.807) is 43.0 Å². The maximum atomic E-state index is 12.7. The van der Waals surface area contributed by atoms with Crippen LogP contribution in [0.25, 0.3) is 0 Å². The Morgan fingerprint density at radius 2 is 1.50 bits per heavy atom. The van der Waals surface area contributed by atoms with Crippen LogP contribution in [-0.4, -0.2) is 22.7 Å². The third-order valence-electron chi connectivity index (χ3n) is 4.40. The highest BCUT2D eigenvalue weighted by Crippen LogP contribution is 2.37. The van der Waals surface area contributed by atoms with Gasteiger partial charge in [-0.25, -0.2) is 0 Å². The van der Waals surface area contributed by atoms with Gasteiger partial charge < -0.3 is 5.32 Å². The third kappa shape index (κ3) is 5.53. The minimum absolute atomic E-state index is 0.211. The Morgan fingerprint density at radius 1 is 0.893 bits per heavy atom. The average Bonchev–Trinajstić information content (AvgIpc) is 2.68. The first-order chi connectivity index (χ1) is 13.4. The van der Waals surface area contributed by atoms with Gasteiger partial charge in [-0.15, -0.1) is 0 Å². The van der Waals surface area contributed by atoms with Crippen molar-refractivity contribution in [1.29, 1.82) is 0 Å². The molecule has 1 atom stereocenters. The van der Waals surface area contributed by atoms with Gasteiger partial charge in [0, 0.05) is 48.3 Å². The van der Waals surface area contributed by atoms with E-state index in [9.17, 15) is 13.2 Å². The van der Waals surface area contributed by atoms with Crippen molar-refractivity contribution in [2.75, 3.05) is 6.54 Å². The van der Waals surface area contributed by atoms with Crippen LogP contribution in [0.5, 0.6) is 0 Å². The SMILES string of the molecule is FC(F)(F)CCNC(c1cccc(Cl)c1)C(c1cccnc1)c1cccnc1. The van der Waals surface area contributed by atoms with E-state index in [0.29, 0.717) is 5.02 Å². The van der Waals surface area contributed by atoms with Gasteiger partial charge in [-0.1, -0.05) is 35.9 Å². The lowest BCUT2D eigenvalue weighted by atomic mass is 9.83. The van der Waals surface area contributed by atoms with Crippen LogP contribution in [0.15, 0.2) is 73.3 Å². The Morgan fingerprint density at radius 3 is 2.00 bits per heavy atom. The molecule has 0 amide bonds. The summed E-state index contributed by atoms with van der Waals surface area (Å²) in [5.41, 5.74) is 2.55. The first-order valence-corrected chi connectivity index (χ1v) is 9.17. The molecule has 2 heterocycles. The second-order valence-corrected chi connectivity index (χ2v) is 6.84. The summed E-state index contributed by atoms with van der Waals surface area (Å²) in [5.74, 6) is -0.283. The van der Waals surface area contributed by atoms with Gasteiger partial charge in [-0.3, -0.25) is 9.97 Å². The maximum absolute atomic E-state index is 12.7. The monoisotopic (exact) mass is 405 g/mol. The molecule has 3 rings (SSSR count). The van der Waals surface area contributed by atoms with E-state index in [0.717, 1.165) is 16.7 Å². The summed E-state index contributed by atoms with van der Waals surface area (Å²) in [4.78, 5) is 8.38. The molecule has 0 saturated heterocycles. The van der Waals surface area contributed by atoms with Crippen molar-refractivity contribution < 1.29 is 13.2 Å². The fraction of sp³-hybridized carbons (Fsp3) is 0.238. The third-order valence-corrected chi connectivity index (χ3v) is 4.64. The quantitative estimate of drug-likeness (QED) is 0.560. The molecule has 0 aliphatic carbocycles. The summed E-state index contributed by atoms with van der Waals surface area (Å²) in [5, 5.41) is 3.61. The smallest absolute Gasteiger partial charge is 0.309 e. The van der Waals surface area contributed by atoms with E-state index in [1.807, 2.05) is 30.3 Å². The maximum Gasteiger partial charge on any atom is 0.390 e. The standard InChI is InChI=1S/C21H19ClF3N3/c22-18-7-1-4-15(12-18)20(28-11-8-21(23,24)25)19(16-5-2-9-26-13-16)17-6-3-10-27-14-17/h1-7,9-10,12-14,19-20,28H,8,11H2. The summed E-state index contributed by atoms with van der Waals surface area (Å²) in [6.07, 6.45) is 1.62. The molecule has 1 N–H and O–H groups in total. The molecule has 28 heavy (non-hydrogen) atoms. The highest BCUT2D eigenvalue weighted by molar-refractivity contribution is 6.30. The van der Waals surface area contributed by atoms with E-state index in [-0.39, 0.29) is 12.5 Å². The molecule has 0 radical (unpaired) electrons. The number of rotatable bonds is 7. The first-order valence-electron chi connectivity index (χ1n) is 8.79. The number of benzene rings is 1. The number of nitrogens with zero attached hydrogens (tertiary/aromatic N) is 2. The van der Waals surface area contributed by atoms with E-state index in [2.05, 4.69) is 15.3 Å². The Bertz CT molecular complexity index is 833. The number of hydrogen-bond donors (Lipinski definition) is 1. The summed E-state index contributed by atoms with van der Waals surface area (Å²) in [6, 6.07) is 14.2. The molecule has 0 bridgehead atoms. The predicted octanol–water partition coefficient (Wildman–Crippen LogP) is 5.55. The molecule has 3 aromatic rings. The average molecular weight is 406 g/mol. The fourth-order valence-electron chi connectivity index (χ4n) is 3.19. The Balaban J connectivity index is 2.03. The van der Waals surface area contributed by atoms with Crippen molar-refractivity contribution in [2.45, 2.75) is 24.6 Å². The molecule has 0 aliphatic rings. The van der Waals surface area contributed by atoms with Gasteiger partial charge in [0.25, 0.3) is 0 Å². The largest absolute Gasteiger partial charge is 0.390 e. The molecular formula is C21H19ClF3N3. The van der Waals surface area contributed by atoms with Crippen LogP contribution >= 0.6 is 11.6 Å². The van der Waals surface area contributed by atoms with Crippen LogP contribution in [-0.2, 0) is 0 Å². The second-order valence-electron chi connectivity index (χ2n) is 6.40. The van der Waals surface area contributed by atoms with Crippen molar-refractivity contribution in [3.8, 4) is 0 Å². The minimum atomic E-state index is -4.23. The molecule has 1 unspecified atom stereocenters. The normalized spacial score (nSPS) is 12.9. The fourth-order valence-corrected chi connectivity index (χ4v) is 3.39. The van der Waals surface area contributed by atoms with Gasteiger partial charge in [0.1, 0.15) is 0 Å². The predicted molar refractivity (Wildman–Crippen MR) is 103 cm³/mol. The Kier molecular flexibility index (Phi) is 6.65. The van der Waals surface area contributed by atoms with Crippen molar-refractivity contribution in [3.63, 3.8) is 0 Å². The van der Waals surface area contributed by atoms with Crippen molar-refractivity contribution in [1.82, 2.24) is 15.3 Å². The second kappa shape index (κ2) is 9.17. The first kappa shape index (κ1) is 20.3. The molecular weight excluding hydrogens is 387 g/mol. The van der Waals surface area contributed by atoms with Crippen molar-refractivity contribution >= 4 is 11.6 Å². The molecule has 2 aromatic heterocycles. The topological polar surface area (TPSA) is 37.8 Å². The summed E-state index contributed by atoms with van der Waals surface area (Å²) < 4.78 is 38.2. The Hall–Kier alpha value is -2.44. The van der Waals surface area contributed by atoms with Crippen LogP contribution < -0.4 is 5.32 Å². The van der Waals surface area contributed by atoms with Crippen LogP contribution in [0.4, 0.5) is 13.2 Å². The van der Waals surface area contributed by atoms with Gasteiger partial charge in [-0.05, 0) is 41.0 Å². The van der Waals surface area contributed by atoms with Crippen LogP contribution in [0.2, 0.25) is 5.02 Å². The summed E-state index contributed by atoms with van der Waals surface area (Å²) >= 11 is 6.16. The molecule has 7 heteroatoms. The number of pyridine rings is 2. The minimum Gasteiger partial charge on any atom is -0.309 e. The van der Waals surface area contributed by atoms with Crippen LogP contribution in [0.1, 0.15) is 35.1 Å². The summed E-state index contributed by atoms with van der Waals surface area (Å²) in [7, 11) is 0. The van der Waals surface area contributed by atoms with E-state index >= 15 is 0 Å². The zero-order valence-corrected chi connectivity index (χ0v) is 15.7. The lowest BCUT2D eigenvalue weighted by molar-refractivity contribution is -0.133. The Labute approximate surface area is 166 Å². The number of aromatic nitrogens is 2. The van der Waals surface area contributed by atoms with E-state index < -0.39 is 18.6 Å². The molecule has 1 aromatic carbocycles. The van der Waals surface area contributed by atoms with Crippen molar-refractivity contribution in [3.05, 3.63) is 95.0 Å². The highest BCUT2D eigenvalue weighted by atomic mass is 35.5. The van der Waals surface area contributed by atoms with E-state index in [1.165, 1.54) is 0 Å². The molecule has 0 spiro atoms. The number of nitrogens with one attached hydrogen (secondary N) is 1. The van der Waals surface area contributed by atoms with Crippen LogP contribution in [0, 0.1) is 0 Å². The molecule has 0 aliphatic heterocycles. The van der Waals surface area contributed by atoms with Gasteiger partial charge in [-0.2, -0.15) is 13.2 Å². The molecule has 0 fully saturated rings. The van der Waals surface area contributed by atoms with Crippen molar-refractivity contribution in [2.24, 2.45) is 0 Å². The molecule has 146 valence electrons. The zero-order chi connectivity index (χ0) is 20.0. The van der Waals surface area contributed by atoms with E-state index in [4.69, 9.17) is 11.6 Å². The van der Waals surface area contributed by atoms with Gasteiger partial charge in [0.15, 0.2) is 0 Å². The highest BCUT2D eigenvalue weighted by Gasteiger charge is 2.30. The number of alkyl halides is 3. The lowest BCUT2D eigenvalue weighted by Gasteiger charge is -2.29. The number of hydrogen-bond acceptors (Lipinski definition) is 3. The lowest BCUT2D eigenvalue weighted by Crippen LogP contribution is -2.31. The zero-order valence-electron chi connectivity index (χ0n) is 14.9. The van der Waals surface area contributed by atoms with Gasteiger partial charge >= 0.3 is 6.18 Å². The molecule has 3 nitrogen and oxygen atoms in total. The molecule has 0 saturated carbocycles. The number of halogens is 4. The van der Waals surface area contributed by atoms with Gasteiger partial charge in [0.05, 0.1) is 6.42 Å². The van der Waals surface area contributed by atoms with Crippen LogP contribution in [0.3, 0.4) is 0 Å².